The van der Waals surface area contributed by atoms with Crippen LogP contribution in [0.2, 0.25) is 0 Å². The molecule has 0 fully saturated rings. The van der Waals surface area contributed by atoms with Gasteiger partial charge in [-0.3, -0.25) is 10.1 Å². The molecule has 0 spiro atoms. The second-order valence-electron chi connectivity index (χ2n) is 3.31. The highest BCUT2D eigenvalue weighted by atomic mass is 32.1. The van der Waals surface area contributed by atoms with Crippen molar-refractivity contribution in [2.45, 2.75) is 0 Å². The van der Waals surface area contributed by atoms with E-state index in [2.05, 4.69) is 0 Å². The van der Waals surface area contributed by atoms with Crippen molar-refractivity contribution in [1.29, 1.82) is 0 Å². The second kappa shape index (κ2) is 4.84. The topological polar surface area (TPSA) is 89.7 Å². The summed E-state index contributed by atoms with van der Waals surface area (Å²) in [6.07, 6.45) is 0. The molecule has 0 radical (unpaired) electrons. The molecule has 0 bridgehead atoms. The van der Waals surface area contributed by atoms with Gasteiger partial charge < -0.3 is 9.84 Å². The smallest absolute Gasteiger partial charge is 0.346 e. The molecule has 0 aliphatic heterocycles. The van der Waals surface area contributed by atoms with E-state index in [0.717, 1.165) is 11.3 Å². The van der Waals surface area contributed by atoms with Gasteiger partial charge >= 0.3 is 5.97 Å². The van der Waals surface area contributed by atoms with Crippen LogP contribution in [-0.2, 0) is 0 Å². The van der Waals surface area contributed by atoms with Crippen LogP contribution in [-0.4, -0.2) is 16.0 Å². The normalized spacial score (nSPS) is 10.0. The summed E-state index contributed by atoms with van der Waals surface area (Å²) in [6.45, 7) is 0. The van der Waals surface area contributed by atoms with Gasteiger partial charge in [-0.2, -0.15) is 0 Å². The van der Waals surface area contributed by atoms with Gasteiger partial charge in [0, 0.05) is 17.5 Å². The van der Waals surface area contributed by atoms with Gasteiger partial charge in [-0.15, -0.1) is 11.3 Å². The zero-order valence-corrected chi connectivity index (χ0v) is 9.72. The van der Waals surface area contributed by atoms with Crippen LogP contribution in [0.3, 0.4) is 0 Å². The number of nitrogens with zero attached hydrogens (tertiary/aromatic N) is 1. The number of hydrogen-bond donors (Lipinski definition) is 1. The highest BCUT2D eigenvalue weighted by molar-refractivity contribution is 7.12. The van der Waals surface area contributed by atoms with E-state index in [1.807, 2.05) is 0 Å². The van der Waals surface area contributed by atoms with E-state index in [0.29, 0.717) is 11.5 Å². The summed E-state index contributed by atoms with van der Waals surface area (Å²) in [5, 5.41) is 20.9. The minimum absolute atomic E-state index is 0.0822. The first-order valence-electron chi connectivity index (χ1n) is 4.80. The average molecular weight is 265 g/mol. The summed E-state index contributed by atoms with van der Waals surface area (Å²) >= 11 is 1.03. The van der Waals surface area contributed by atoms with Gasteiger partial charge in [-0.05, 0) is 6.07 Å². The Labute approximate surface area is 105 Å². The minimum atomic E-state index is -1.03. The van der Waals surface area contributed by atoms with Crippen LogP contribution >= 0.6 is 11.3 Å². The number of carboxylic acids is 1. The molecule has 1 heterocycles. The molecule has 2 rings (SSSR count). The highest BCUT2D eigenvalue weighted by Gasteiger charge is 2.10. The average Bonchev–Trinajstić information content (AvgIpc) is 2.78. The molecule has 0 unspecified atom stereocenters. The summed E-state index contributed by atoms with van der Waals surface area (Å²) in [4.78, 5) is 20.9. The monoisotopic (exact) mass is 265 g/mol. The van der Waals surface area contributed by atoms with Gasteiger partial charge in [0.15, 0.2) is 0 Å². The van der Waals surface area contributed by atoms with Crippen molar-refractivity contribution in [1.82, 2.24) is 0 Å². The van der Waals surface area contributed by atoms with Crippen molar-refractivity contribution in [3.63, 3.8) is 0 Å². The molecule has 1 aromatic heterocycles. The van der Waals surface area contributed by atoms with Crippen molar-refractivity contribution < 1.29 is 19.6 Å². The van der Waals surface area contributed by atoms with Crippen LogP contribution in [0.25, 0.3) is 0 Å². The predicted molar refractivity (Wildman–Crippen MR) is 64.4 cm³/mol. The number of hydrogen-bond acceptors (Lipinski definition) is 5. The fraction of sp³-hybridized carbons (Fsp3) is 0. The fourth-order valence-electron chi connectivity index (χ4n) is 1.28. The number of carboxylic acid groups (broad SMARTS) is 1. The lowest BCUT2D eigenvalue weighted by atomic mass is 10.3. The largest absolute Gasteiger partial charge is 0.477 e. The molecule has 1 N–H and O–H groups in total. The summed E-state index contributed by atoms with van der Waals surface area (Å²) in [6, 6.07) is 7.05. The van der Waals surface area contributed by atoms with Gasteiger partial charge in [-0.25, -0.2) is 4.79 Å². The van der Waals surface area contributed by atoms with E-state index in [4.69, 9.17) is 9.84 Å². The Morgan fingerprint density at radius 2 is 2.11 bits per heavy atom. The molecule has 0 saturated carbocycles. The van der Waals surface area contributed by atoms with Crippen molar-refractivity contribution in [3.05, 3.63) is 50.7 Å². The number of rotatable bonds is 4. The Morgan fingerprint density at radius 3 is 2.72 bits per heavy atom. The number of ether oxygens (including phenoxy) is 1. The Hall–Kier alpha value is -2.41. The van der Waals surface area contributed by atoms with Crippen LogP contribution in [0.5, 0.6) is 11.5 Å². The van der Waals surface area contributed by atoms with Gasteiger partial charge in [0.05, 0.1) is 11.0 Å². The lowest BCUT2D eigenvalue weighted by Crippen LogP contribution is -1.91. The molecular formula is C11H7NO5S. The third-order valence-corrected chi connectivity index (χ3v) is 2.95. The lowest BCUT2D eigenvalue weighted by Gasteiger charge is -2.01. The van der Waals surface area contributed by atoms with Crippen LogP contribution in [0, 0.1) is 10.1 Å². The number of nitro benzene ring substituents is 1. The lowest BCUT2D eigenvalue weighted by molar-refractivity contribution is -0.384. The number of benzene rings is 1. The fourth-order valence-corrected chi connectivity index (χ4v) is 1.93. The Bertz CT molecular complexity index is 607. The molecule has 18 heavy (non-hydrogen) atoms. The van der Waals surface area contributed by atoms with E-state index >= 15 is 0 Å². The van der Waals surface area contributed by atoms with Crippen LogP contribution in [0.4, 0.5) is 5.69 Å². The standard InChI is InChI=1S/C11H7NO5S/c13-11(14)10-5-9(6-18-10)17-8-3-1-2-7(4-8)12(15)16/h1-6H,(H,13,14). The number of thiophene rings is 1. The van der Waals surface area contributed by atoms with E-state index in [-0.39, 0.29) is 10.6 Å². The molecule has 0 aliphatic rings. The van der Waals surface area contributed by atoms with Crippen LogP contribution in [0.1, 0.15) is 9.67 Å². The van der Waals surface area contributed by atoms with Crippen LogP contribution in [0.15, 0.2) is 35.7 Å². The number of nitro groups is 1. The Morgan fingerprint density at radius 1 is 1.33 bits per heavy atom. The van der Waals surface area contributed by atoms with E-state index in [1.165, 1.54) is 29.6 Å². The number of carbonyl (C=O) groups is 1. The third kappa shape index (κ3) is 2.64. The summed E-state index contributed by atoms with van der Waals surface area (Å²) < 4.78 is 5.34. The first kappa shape index (κ1) is 12.1. The summed E-state index contributed by atoms with van der Waals surface area (Å²) in [5.74, 6) is -0.397. The summed E-state index contributed by atoms with van der Waals surface area (Å²) in [5.41, 5.74) is -0.0822. The molecule has 0 aliphatic carbocycles. The van der Waals surface area contributed by atoms with Gasteiger partial charge in [0.25, 0.3) is 5.69 Å². The van der Waals surface area contributed by atoms with Crippen LogP contribution < -0.4 is 4.74 Å². The second-order valence-corrected chi connectivity index (χ2v) is 4.22. The number of aromatic carboxylic acids is 1. The summed E-state index contributed by atoms with van der Waals surface area (Å²) in [7, 11) is 0. The first-order chi connectivity index (χ1) is 8.56. The molecule has 2 aromatic rings. The zero-order chi connectivity index (χ0) is 13.1. The number of non-ortho nitro benzene ring substituents is 1. The van der Waals surface area contributed by atoms with E-state index in [1.54, 1.807) is 6.07 Å². The molecule has 0 amide bonds. The SMILES string of the molecule is O=C(O)c1cc(Oc2cccc([N+](=O)[O-])c2)cs1. The van der Waals surface area contributed by atoms with E-state index in [9.17, 15) is 14.9 Å². The van der Waals surface area contributed by atoms with Crippen molar-refractivity contribution in [3.8, 4) is 11.5 Å². The maximum atomic E-state index is 10.7. The Balaban J connectivity index is 2.20. The van der Waals surface area contributed by atoms with Crippen molar-refractivity contribution >= 4 is 23.0 Å². The molecule has 0 saturated heterocycles. The maximum absolute atomic E-state index is 10.7. The minimum Gasteiger partial charge on any atom is -0.477 e. The van der Waals surface area contributed by atoms with Gasteiger partial charge in [0.1, 0.15) is 16.4 Å². The van der Waals surface area contributed by atoms with Gasteiger partial charge in [-0.1, -0.05) is 6.07 Å². The Kier molecular flexibility index (Phi) is 3.24. The zero-order valence-electron chi connectivity index (χ0n) is 8.90. The van der Waals surface area contributed by atoms with Crippen molar-refractivity contribution in [2.24, 2.45) is 0 Å². The highest BCUT2D eigenvalue weighted by Crippen LogP contribution is 2.28. The molecule has 1 aromatic carbocycles. The predicted octanol–water partition coefficient (Wildman–Crippen LogP) is 3.15. The van der Waals surface area contributed by atoms with Crippen molar-refractivity contribution in [2.75, 3.05) is 0 Å². The van der Waals surface area contributed by atoms with Gasteiger partial charge in [0.2, 0.25) is 0 Å². The van der Waals surface area contributed by atoms with E-state index < -0.39 is 10.9 Å². The molecule has 92 valence electrons. The first-order valence-corrected chi connectivity index (χ1v) is 5.68. The molecule has 7 heteroatoms. The third-order valence-electron chi connectivity index (χ3n) is 2.05. The molecular weight excluding hydrogens is 258 g/mol. The molecule has 6 nitrogen and oxygen atoms in total. The molecule has 0 atom stereocenters. The maximum Gasteiger partial charge on any atom is 0.346 e. The quantitative estimate of drug-likeness (QED) is 0.677.